The van der Waals surface area contributed by atoms with Crippen molar-refractivity contribution in [2.75, 3.05) is 63.8 Å². The molecule has 6 aromatic rings. The monoisotopic (exact) mass is 965 g/mol. The SMILES string of the molecule is COC1C(O)C(COC=O)OC1n1cnc2c(N)ncnc21.COC1CC(CO)OC1n1cnc2c(N)ncnc21.CS.CS.Nc1ncnc2c1ncn2C1OC(COC=O)C(O)C1O. The molecule has 0 spiro atoms. The highest BCUT2D eigenvalue weighted by Gasteiger charge is 2.47. The summed E-state index contributed by atoms with van der Waals surface area (Å²) in [6.45, 7) is 0.259. The van der Waals surface area contributed by atoms with E-state index in [1.54, 1.807) is 35.1 Å². The maximum Gasteiger partial charge on any atom is 0.293 e. The van der Waals surface area contributed by atoms with E-state index in [0.717, 1.165) is 0 Å². The van der Waals surface area contributed by atoms with Crippen molar-refractivity contribution in [2.24, 2.45) is 0 Å². The number of aliphatic hydroxyl groups excluding tert-OH is 4. The Morgan fingerprint density at radius 1 is 0.621 bits per heavy atom. The summed E-state index contributed by atoms with van der Waals surface area (Å²) in [5, 5.41) is 39.4. The minimum absolute atomic E-state index is 0.0416. The molecule has 9 rings (SSSR count). The lowest BCUT2D eigenvalue weighted by Crippen LogP contribution is -2.35. The zero-order chi connectivity index (χ0) is 48.1. The Labute approximate surface area is 385 Å². The minimum atomic E-state index is -1.22. The fraction of sp³-hybridized carbons (Fsp3) is 0.528. The second-order valence-electron chi connectivity index (χ2n) is 13.8. The van der Waals surface area contributed by atoms with Gasteiger partial charge >= 0.3 is 0 Å². The second kappa shape index (κ2) is 24.2. The van der Waals surface area contributed by atoms with Crippen molar-refractivity contribution >= 4 is 89.1 Å². The van der Waals surface area contributed by atoms with Crippen LogP contribution in [0.3, 0.4) is 0 Å². The maximum atomic E-state index is 10.3. The Hall–Kier alpha value is -5.67. The molecule has 0 radical (unpaired) electrons. The molecule has 360 valence electrons. The standard InChI is InChI=1S/C12H15N5O5.C11H13N5O5.C11H15N5O3.2CH4S/c1-20-9-8(19)6(2-21-5-18)22-12(9)17-4-16-7-10(13)14-3-15-11(7)17;12-9-6-10(14-2-13-9)16(3-15-6)11-8(19)7(18)5(21-11)1-20-4-17;1-18-7-2-6(3-17)19-11(7)16-5-15-8-9(12)13-4-14-10(8)16;2*1-2/h3-6,8-9,12,19H,2H2,1H3,(H2,13,14,15);2-5,7-8,11,18-19H,1H2,(H2,12,13,14);4-7,11,17H,2-3H2,1H3,(H2,12,13,14);2*2H,1H3. The third-order valence-corrected chi connectivity index (χ3v) is 10.2. The summed E-state index contributed by atoms with van der Waals surface area (Å²) in [5.41, 5.74) is 20.0. The third-order valence-electron chi connectivity index (χ3n) is 10.2. The zero-order valence-electron chi connectivity index (χ0n) is 35.8. The van der Waals surface area contributed by atoms with Crippen molar-refractivity contribution in [1.82, 2.24) is 58.6 Å². The van der Waals surface area contributed by atoms with Crippen LogP contribution in [-0.2, 0) is 42.7 Å². The smallest absolute Gasteiger partial charge is 0.293 e. The number of anilines is 3. The van der Waals surface area contributed by atoms with E-state index in [1.165, 1.54) is 43.3 Å². The van der Waals surface area contributed by atoms with E-state index in [2.05, 4.69) is 79.6 Å². The van der Waals surface area contributed by atoms with Crippen molar-refractivity contribution in [3.05, 3.63) is 38.0 Å². The number of methoxy groups -OCH3 is 2. The molecule has 0 aliphatic carbocycles. The molecule has 9 heterocycles. The van der Waals surface area contributed by atoms with Crippen molar-refractivity contribution < 1.29 is 63.2 Å². The van der Waals surface area contributed by atoms with Gasteiger partial charge in [0, 0.05) is 20.6 Å². The number of hydrogen-bond donors (Lipinski definition) is 9. The van der Waals surface area contributed by atoms with E-state index in [9.17, 15) is 30.0 Å². The van der Waals surface area contributed by atoms with Gasteiger partial charge in [0.15, 0.2) is 53.1 Å². The van der Waals surface area contributed by atoms with Crippen LogP contribution >= 0.6 is 25.3 Å². The number of hydrogen-bond acceptors (Lipinski definition) is 27. The summed E-state index contributed by atoms with van der Waals surface area (Å²) >= 11 is 7.06. The number of carbonyl (C=O) groups is 2. The Kier molecular flexibility index (Phi) is 18.8. The summed E-state index contributed by atoms with van der Waals surface area (Å²) in [6, 6.07) is 0. The predicted molar refractivity (Wildman–Crippen MR) is 236 cm³/mol. The van der Waals surface area contributed by atoms with E-state index in [-0.39, 0.29) is 56.4 Å². The molecule has 0 aromatic carbocycles. The molecule has 11 unspecified atom stereocenters. The molecule has 3 aliphatic rings. The summed E-state index contributed by atoms with van der Waals surface area (Å²) in [5.74, 6) is 0.777. The van der Waals surface area contributed by atoms with Crippen LogP contribution in [0.2, 0.25) is 0 Å². The van der Waals surface area contributed by atoms with Crippen molar-refractivity contribution in [3.63, 3.8) is 0 Å². The number of thiol groups is 2. The van der Waals surface area contributed by atoms with Gasteiger partial charge in [0.2, 0.25) is 0 Å². The number of imidazole rings is 3. The lowest BCUT2D eigenvalue weighted by Gasteiger charge is -2.19. The van der Waals surface area contributed by atoms with Gasteiger partial charge in [0.25, 0.3) is 12.9 Å². The molecular formula is C36H51N15O13S2. The Balaban J connectivity index is 0.000000179. The fourth-order valence-electron chi connectivity index (χ4n) is 7.16. The topological polar surface area (TPSA) is 389 Å². The number of rotatable bonds is 12. The number of aliphatic hydroxyl groups is 4. The number of carbonyl (C=O) groups excluding carboxylic acids is 2. The van der Waals surface area contributed by atoms with Crippen LogP contribution in [-0.4, -0.2) is 187 Å². The van der Waals surface area contributed by atoms with Crippen LogP contribution in [0.1, 0.15) is 25.1 Å². The van der Waals surface area contributed by atoms with Crippen LogP contribution in [0.25, 0.3) is 33.5 Å². The number of nitrogens with zero attached hydrogens (tertiary/aromatic N) is 12. The van der Waals surface area contributed by atoms with E-state index < -0.39 is 49.1 Å². The number of fused-ring (bicyclic) bond motifs is 3. The van der Waals surface area contributed by atoms with Crippen molar-refractivity contribution in [2.45, 2.75) is 73.9 Å². The second-order valence-corrected chi connectivity index (χ2v) is 13.8. The Bertz CT molecular complexity index is 2470. The van der Waals surface area contributed by atoms with E-state index in [4.69, 9.17) is 40.9 Å². The van der Waals surface area contributed by atoms with Gasteiger partial charge in [-0.1, -0.05) is 0 Å². The molecule has 6 aromatic heterocycles. The average Bonchev–Trinajstić information content (AvgIpc) is 4.21. The molecule has 11 atom stereocenters. The summed E-state index contributed by atoms with van der Waals surface area (Å²) in [7, 11) is 3.07. The molecule has 28 nitrogen and oxygen atoms in total. The quantitative estimate of drug-likeness (QED) is 0.0466. The third kappa shape index (κ3) is 10.8. The number of nitrogens with two attached hydrogens (primary N) is 3. The highest BCUT2D eigenvalue weighted by atomic mass is 32.1. The Morgan fingerprint density at radius 2 is 1.05 bits per heavy atom. The van der Waals surface area contributed by atoms with Gasteiger partial charge in [-0.15, -0.1) is 0 Å². The number of ether oxygens (including phenoxy) is 7. The van der Waals surface area contributed by atoms with Crippen LogP contribution in [0.5, 0.6) is 0 Å². The van der Waals surface area contributed by atoms with Gasteiger partial charge in [-0.25, -0.2) is 44.9 Å². The van der Waals surface area contributed by atoms with Crippen LogP contribution in [0, 0.1) is 0 Å². The first-order valence-corrected chi connectivity index (χ1v) is 21.3. The molecule has 0 amide bonds. The average molecular weight is 966 g/mol. The van der Waals surface area contributed by atoms with Gasteiger partial charge < -0.3 is 70.8 Å². The number of aromatic nitrogens is 12. The summed E-state index contributed by atoms with van der Waals surface area (Å²) < 4.78 is 41.7. The van der Waals surface area contributed by atoms with Gasteiger partial charge in [0.1, 0.15) is 91.5 Å². The summed E-state index contributed by atoms with van der Waals surface area (Å²) in [4.78, 5) is 56.9. The summed E-state index contributed by atoms with van der Waals surface area (Å²) in [6.07, 6.45) is 4.46. The molecule has 30 heteroatoms. The molecular weight excluding hydrogens is 915 g/mol. The van der Waals surface area contributed by atoms with Crippen molar-refractivity contribution in [3.8, 4) is 0 Å². The molecule has 3 fully saturated rings. The van der Waals surface area contributed by atoms with Crippen molar-refractivity contribution in [1.29, 1.82) is 0 Å². The van der Waals surface area contributed by atoms with E-state index in [1.807, 2.05) is 0 Å². The first-order valence-electron chi connectivity index (χ1n) is 19.5. The normalized spacial score (nSPS) is 26.5. The van der Waals surface area contributed by atoms with Gasteiger partial charge in [-0.05, 0) is 12.5 Å². The van der Waals surface area contributed by atoms with Gasteiger partial charge in [0.05, 0.1) is 31.7 Å². The minimum Gasteiger partial charge on any atom is -0.465 e. The van der Waals surface area contributed by atoms with E-state index in [0.29, 0.717) is 52.2 Å². The highest BCUT2D eigenvalue weighted by Crippen LogP contribution is 2.35. The largest absolute Gasteiger partial charge is 0.465 e. The number of nitrogen functional groups attached to an aromatic ring is 3. The lowest BCUT2D eigenvalue weighted by atomic mass is 10.1. The molecule has 66 heavy (non-hydrogen) atoms. The molecule has 3 saturated heterocycles. The molecule has 0 saturated carbocycles. The predicted octanol–water partition coefficient (Wildman–Crippen LogP) is -2.15. The molecule has 10 N–H and O–H groups in total. The Morgan fingerprint density at radius 3 is 1.47 bits per heavy atom. The molecule has 3 aliphatic heterocycles. The van der Waals surface area contributed by atoms with Crippen LogP contribution in [0.4, 0.5) is 17.5 Å². The maximum absolute atomic E-state index is 10.3. The first-order chi connectivity index (χ1) is 32.0. The zero-order valence-corrected chi connectivity index (χ0v) is 37.5. The van der Waals surface area contributed by atoms with Crippen LogP contribution < -0.4 is 17.2 Å². The first kappa shape index (κ1) is 51.3. The fourth-order valence-corrected chi connectivity index (χ4v) is 7.16. The lowest BCUT2D eigenvalue weighted by molar-refractivity contribution is -0.136. The van der Waals surface area contributed by atoms with E-state index >= 15 is 0 Å². The van der Waals surface area contributed by atoms with Gasteiger partial charge in [-0.3, -0.25) is 23.3 Å². The molecule has 0 bridgehead atoms. The van der Waals surface area contributed by atoms with Crippen LogP contribution in [0.15, 0.2) is 38.0 Å². The van der Waals surface area contributed by atoms with Gasteiger partial charge in [-0.2, -0.15) is 25.3 Å². The highest BCUT2D eigenvalue weighted by molar-refractivity contribution is 7.79.